The summed E-state index contributed by atoms with van der Waals surface area (Å²) in [5.74, 6) is 0. The van der Waals surface area contributed by atoms with Crippen molar-refractivity contribution < 1.29 is 0 Å². The van der Waals surface area contributed by atoms with E-state index in [0.717, 1.165) is 32.6 Å². The van der Waals surface area contributed by atoms with E-state index in [9.17, 15) is 0 Å². The van der Waals surface area contributed by atoms with Crippen molar-refractivity contribution in [3.05, 3.63) is 35.9 Å². The van der Waals surface area contributed by atoms with Gasteiger partial charge in [0.2, 0.25) is 0 Å². The molecular formula is C17H29N3. The molecule has 0 spiro atoms. The lowest BCUT2D eigenvalue weighted by atomic mass is 9.79. The van der Waals surface area contributed by atoms with Gasteiger partial charge in [-0.3, -0.25) is 5.43 Å². The molecule has 1 saturated heterocycles. The Balaban J connectivity index is 1.86. The fraction of sp³-hybridized carbons (Fsp3) is 0.647. The maximum Gasteiger partial charge on any atom is 0.0259 e. The number of rotatable bonds is 5. The van der Waals surface area contributed by atoms with Crippen LogP contribution in [0.2, 0.25) is 0 Å². The lowest BCUT2D eigenvalue weighted by Crippen LogP contribution is -2.53. The summed E-state index contributed by atoms with van der Waals surface area (Å²) in [5, 5.41) is 2.38. The molecule has 0 aromatic heterocycles. The number of likely N-dealkylation sites (N-methyl/N-ethyl adjacent to an activating group) is 1. The molecule has 20 heavy (non-hydrogen) atoms. The zero-order valence-corrected chi connectivity index (χ0v) is 13.4. The lowest BCUT2D eigenvalue weighted by Gasteiger charge is -2.37. The van der Waals surface area contributed by atoms with E-state index in [1.54, 1.807) is 0 Å². The second-order valence-electron chi connectivity index (χ2n) is 6.77. The first kappa shape index (κ1) is 15.5. The summed E-state index contributed by atoms with van der Waals surface area (Å²) in [4.78, 5) is 2.39. The van der Waals surface area contributed by atoms with Crippen LogP contribution in [0.3, 0.4) is 0 Å². The largest absolute Gasteiger partial charge is 0.304 e. The van der Waals surface area contributed by atoms with Gasteiger partial charge < -0.3 is 4.90 Å². The van der Waals surface area contributed by atoms with Crippen LogP contribution in [0, 0.1) is 0 Å². The molecule has 1 aromatic rings. The van der Waals surface area contributed by atoms with Crippen molar-refractivity contribution in [1.82, 2.24) is 15.3 Å². The van der Waals surface area contributed by atoms with Crippen LogP contribution in [0.1, 0.15) is 32.8 Å². The van der Waals surface area contributed by atoms with Crippen molar-refractivity contribution in [2.45, 2.75) is 38.6 Å². The van der Waals surface area contributed by atoms with Gasteiger partial charge in [-0.1, -0.05) is 44.2 Å². The molecule has 3 heteroatoms. The highest BCUT2D eigenvalue weighted by atomic mass is 15.5. The maximum absolute atomic E-state index is 3.67. The van der Waals surface area contributed by atoms with Crippen LogP contribution in [-0.4, -0.2) is 49.2 Å². The fourth-order valence-electron chi connectivity index (χ4n) is 3.07. The van der Waals surface area contributed by atoms with E-state index in [2.05, 4.69) is 73.5 Å². The first-order valence-electron chi connectivity index (χ1n) is 7.72. The minimum atomic E-state index is 0.209. The molecule has 0 saturated carbocycles. The highest BCUT2D eigenvalue weighted by Gasteiger charge is 2.24. The molecule has 1 aliphatic rings. The number of piperazine rings is 1. The van der Waals surface area contributed by atoms with Crippen LogP contribution in [0.4, 0.5) is 0 Å². The Morgan fingerprint density at radius 1 is 1.10 bits per heavy atom. The molecule has 2 rings (SSSR count). The van der Waals surface area contributed by atoms with Gasteiger partial charge in [0.15, 0.2) is 0 Å². The van der Waals surface area contributed by atoms with E-state index >= 15 is 0 Å². The van der Waals surface area contributed by atoms with Crippen LogP contribution in [0.15, 0.2) is 30.3 Å². The Bertz CT molecular complexity index is 394. The highest BCUT2D eigenvalue weighted by molar-refractivity contribution is 5.23. The Hall–Kier alpha value is -0.900. The third-order valence-electron chi connectivity index (χ3n) is 4.28. The van der Waals surface area contributed by atoms with Gasteiger partial charge in [0, 0.05) is 32.2 Å². The molecule has 1 aromatic carbocycles. The molecule has 0 radical (unpaired) electrons. The van der Waals surface area contributed by atoms with Gasteiger partial charge in [-0.25, -0.2) is 5.01 Å². The quantitative estimate of drug-likeness (QED) is 0.891. The summed E-state index contributed by atoms with van der Waals surface area (Å²) in [6.45, 7) is 11.5. The van der Waals surface area contributed by atoms with E-state index < -0.39 is 0 Å². The van der Waals surface area contributed by atoms with Gasteiger partial charge in [-0.05, 0) is 31.4 Å². The number of hydrogen-bond acceptors (Lipinski definition) is 3. The van der Waals surface area contributed by atoms with Crippen molar-refractivity contribution in [2.75, 3.05) is 33.2 Å². The summed E-state index contributed by atoms with van der Waals surface area (Å²) in [6.07, 6.45) is 1.14. The van der Waals surface area contributed by atoms with E-state index in [1.165, 1.54) is 5.56 Å². The minimum Gasteiger partial charge on any atom is -0.304 e. The Morgan fingerprint density at radius 3 is 2.30 bits per heavy atom. The molecule has 3 nitrogen and oxygen atoms in total. The van der Waals surface area contributed by atoms with Gasteiger partial charge >= 0.3 is 0 Å². The zero-order chi connectivity index (χ0) is 14.6. The number of hydrogen-bond donors (Lipinski definition) is 1. The Morgan fingerprint density at radius 2 is 1.70 bits per heavy atom. The number of nitrogens with zero attached hydrogens (tertiary/aromatic N) is 2. The summed E-state index contributed by atoms with van der Waals surface area (Å²) in [6, 6.07) is 11.3. The van der Waals surface area contributed by atoms with Crippen molar-refractivity contribution in [3.8, 4) is 0 Å². The summed E-state index contributed by atoms with van der Waals surface area (Å²) in [7, 11) is 2.19. The normalized spacial score (nSPS) is 20.0. The first-order valence-corrected chi connectivity index (χ1v) is 7.72. The van der Waals surface area contributed by atoms with Gasteiger partial charge in [-0.15, -0.1) is 0 Å². The molecule has 0 amide bonds. The van der Waals surface area contributed by atoms with Gasteiger partial charge in [0.1, 0.15) is 0 Å². The molecule has 1 atom stereocenters. The lowest BCUT2D eigenvalue weighted by molar-refractivity contribution is 0.0841. The predicted octanol–water partition coefficient (Wildman–Crippen LogP) is 2.49. The van der Waals surface area contributed by atoms with Crippen molar-refractivity contribution in [2.24, 2.45) is 0 Å². The van der Waals surface area contributed by atoms with Gasteiger partial charge in [0.25, 0.3) is 0 Å². The molecule has 1 unspecified atom stereocenters. The first-order chi connectivity index (χ1) is 9.47. The monoisotopic (exact) mass is 275 g/mol. The van der Waals surface area contributed by atoms with Crippen molar-refractivity contribution in [3.63, 3.8) is 0 Å². The number of benzene rings is 1. The maximum atomic E-state index is 3.67. The Kier molecular flexibility index (Phi) is 5.19. The molecular weight excluding hydrogens is 246 g/mol. The summed E-state index contributed by atoms with van der Waals surface area (Å²) >= 11 is 0. The number of hydrazine groups is 1. The summed E-state index contributed by atoms with van der Waals surface area (Å²) < 4.78 is 0. The van der Waals surface area contributed by atoms with E-state index in [4.69, 9.17) is 0 Å². The predicted molar refractivity (Wildman–Crippen MR) is 85.8 cm³/mol. The average Bonchev–Trinajstić information content (AvgIpc) is 2.42. The minimum absolute atomic E-state index is 0.209. The molecule has 1 aliphatic heterocycles. The van der Waals surface area contributed by atoms with Crippen LogP contribution < -0.4 is 5.43 Å². The number of nitrogens with one attached hydrogen (secondary N) is 1. The van der Waals surface area contributed by atoms with Gasteiger partial charge in [0.05, 0.1) is 0 Å². The fourth-order valence-corrected chi connectivity index (χ4v) is 3.07. The van der Waals surface area contributed by atoms with Gasteiger partial charge in [-0.2, -0.15) is 0 Å². The third-order valence-corrected chi connectivity index (χ3v) is 4.28. The second kappa shape index (κ2) is 6.70. The highest BCUT2D eigenvalue weighted by Crippen LogP contribution is 2.28. The summed E-state index contributed by atoms with van der Waals surface area (Å²) in [5.41, 5.74) is 5.30. The van der Waals surface area contributed by atoms with E-state index in [-0.39, 0.29) is 5.41 Å². The molecule has 1 heterocycles. The molecule has 112 valence electrons. The SMILES string of the molecule is CC(CC(C)(C)c1ccccc1)NN1CCN(C)CC1. The van der Waals surface area contributed by atoms with Crippen molar-refractivity contribution >= 4 is 0 Å². The van der Waals surface area contributed by atoms with E-state index in [1.807, 2.05) is 0 Å². The second-order valence-corrected chi connectivity index (χ2v) is 6.77. The van der Waals surface area contributed by atoms with Crippen LogP contribution in [-0.2, 0) is 5.41 Å². The molecule has 0 aliphatic carbocycles. The molecule has 0 bridgehead atoms. The average molecular weight is 275 g/mol. The Labute approximate surface area is 123 Å². The van der Waals surface area contributed by atoms with E-state index in [0.29, 0.717) is 6.04 Å². The van der Waals surface area contributed by atoms with Crippen LogP contribution in [0.5, 0.6) is 0 Å². The van der Waals surface area contributed by atoms with Crippen LogP contribution in [0.25, 0.3) is 0 Å². The molecule has 1 fully saturated rings. The zero-order valence-electron chi connectivity index (χ0n) is 13.4. The van der Waals surface area contributed by atoms with Crippen molar-refractivity contribution in [1.29, 1.82) is 0 Å². The topological polar surface area (TPSA) is 18.5 Å². The third kappa shape index (κ3) is 4.30. The smallest absolute Gasteiger partial charge is 0.0259 e. The molecule has 1 N–H and O–H groups in total. The standard InChI is InChI=1S/C17H29N3/c1-15(18-20-12-10-19(4)11-13-20)14-17(2,3)16-8-6-5-7-9-16/h5-9,15,18H,10-14H2,1-4H3. The van der Waals surface area contributed by atoms with Crippen LogP contribution >= 0.6 is 0 Å².